The average Bonchev–Trinajstić information content (AvgIpc) is 3.09. The minimum absolute atomic E-state index is 0.123. The molecule has 0 spiro atoms. The predicted molar refractivity (Wildman–Crippen MR) is 94.8 cm³/mol. The fraction of sp³-hybridized carbons (Fsp3) is 0.118. The second-order valence-electron chi connectivity index (χ2n) is 5.11. The first-order valence-corrected chi connectivity index (χ1v) is 8.08. The lowest BCUT2D eigenvalue weighted by molar-refractivity contribution is -0.116. The number of nitrogens with zero attached hydrogens (tertiary/aromatic N) is 3. The standard InChI is InChI=1S/C17H14Cl2N4O/c18-13-6-4-12(14(19)11-13)5-7-16(24)22-15-3-1-8-20-17(15)23-10-2-9-21-23/h1-4,6,8-11H,5,7H2,(H,22,24). The lowest BCUT2D eigenvalue weighted by atomic mass is 10.1. The number of hydrogen-bond acceptors (Lipinski definition) is 3. The summed E-state index contributed by atoms with van der Waals surface area (Å²) in [5.41, 5.74) is 1.49. The van der Waals surface area contributed by atoms with E-state index in [1.165, 1.54) is 0 Å². The van der Waals surface area contributed by atoms with Crippen molar-refractivity contribution in [2.24, 2.45) is 0 Å². The number of halogens is 2. The van der Waals surface area contributed by atoms with E-state index in [2.05, 4.69) is 15.4 Å². The molecule has 0 aliphatic rings. The molecular weight excluding hydrogens is 347 g/mol. The van der Waals surface area contributed by atoms with Crippen LogP contribution in [0.3, 0.4) is 0 Å². The van der Waals surface area contributed by atoms with Gasteiger partial charge in [0.25, 0.3) is 0 Å². The Hall–Kier alpha value is -2.37. The van der Waals surface area contributed by atoms with Gasteiger partial charge in [-0.3, -0.25) is 4.79 Å². The van der Waals surface area contributed by atoms with Crippen LogP contribution in [-0.4, -0.2) is 20.7 Å². The summed E-state index contributed by atoms with van der Waals surface area (Å²) in [5, 5.41) is 8.15. The number of nitrogens with one attached hydrogen (secondary N) is 1. The van der Waals surface area contributed by atoms with Gasteiger partial charge in [-0.15, -0.1) is 0 Å². The highest BCUT2D eigenvalue weighted by Crippen LogP contribution is 2.22. The summed E-state index contributed by atoms with van der Waals surface area (Å²) < 4.78 is 1.60. The Morgan fingerprint density at radius 3 is 2.79 bits per heavy atom. The Balaban J connectivity index is 1.67. The number of aromatic nitrogens is 3. The van der Waals surface area contributed by atoms with E-state index in [0.717, 1.165) is 5.56 Å². The summed E-state index contributed by atoms with van der Waals surface area (Å²) in [7, 11) is 0. The van der Waals surface area contributed by atoms with Gasteiger partial charge >= 0.3 is 0 Å². The van der Waals surface area contributed by atoms with Crippen molar-refractivity contribution < 1.29 is 4.79 Å². The molecule has 0 unspecified atom stereocenters. The van der Waals surface area contributed by atoms with E-state index < -0.39 is 0 Å². The highest BCUT2D eigenvalue weighted by Gasteiger charge is 2.10. The molecule has 1 amide bonds. The molecule has 2 aromatic heterocycles. The minimum Gasteiger partial charge on any atom is -0.323 e. The fourth-order valence-corrected chi connectivity index (χ4v) is 2.76. The van der Waals surface area contributed by atoms with Crippen LogP contribution >= 0.6 is 23.2 Å². The van der Waals surface area contributed by atoms with Crippen LogP contribution in [0.4, 0.5) is 5.69 Å². The van der Waals surface area contributed by atoms with Crippen LogP contribution in [0.2, 0.25) is 10.0 Å². The summed E-state index contributed by atoms with van der Waals surface area (Å²) in [5.74, 6) is 0.447. The van der Waals surface area contributed by atoms with E-state index in [1.807, 2.05) is 6.07 Å². The molecule has 2 heterocycles. The second kappa shape index (κ2) is 7.47. The van der Waals surface area contributed by atoms with Crippen molar-refractivity contribution in [2.75, 3.05) is 5.32 Å². The van der Waals surface area contributed by atoms with E-state index in [4.69, 9.17) is 23.2 Å². The van der Waals surface area contributed by atoms with Crippen molar-refractivity contribution in [2.45, 2.75) is 12.8 Å². The van der Waals surface area contributed by atoms with Crippen molar-refractivity contribution in [1.82, 2.24) is 14.8 Å². The van der Waals surface area contributed by atoms with Crippen molar-refractivity contribution >= 4 is 34.8 Å². The molecule has 3 rings (SSSR count). The van der Waals surface area contributed by atoms with Crippen LogP contribution in [0.5, 0.6) is 0 Å². The Morgan fingerprint density at radius 2 is 2.04 bits per heavy atom. The molecule has 0 fully saturated rings. The Labute approximate surface area is 149 Å². The molecule has 122 valence electrons. The maximum atomic E-state index is 12.2. The fourth-order valence-electron chi connectivity index (χ4n) is 2.26. The van der Waals surface area contributed by atoms with Gasteiger partial charge in [0.05, 0.1) is 5.69 Å². The first-order chi connectivity index (χ1) is 11.6. The number of benzene rings is 1. The third kappa shape index (κ3) is 3.93. The number of aryl methyl sites for hydroxylation is 1. The van der Waals surface area contributed by atoms with Crippen LogP contribution < -0.4 is 5.32 Å². The molecular formula is C17H14Cl2N4O. The van der Waals surface area contributed by atoms with Crippen molar-refractivity contribution in [3.63, 3.8) is 0 Å². The summed E-state index contributed by atoms with van der Waals surface area (Å²) >= 11 is 12.0. The average molecular weight is 361 g/mol. The van der Waals surface area contributed by atoms with Gasteiger partial charge in [0, 0.05) is 35.1 Å². The van der Waals surface area contributed by atoms with Crippen LogP contribution in [0.15, 0.2) is 55.0 Å². The lowest BCUT2D eigenvalue weighted by Gasteiger charge is -2.10. The molecule has 5 nitrogen and oxygen atoms in total. The lowest BCUT2D eigenvalue weighted by Crippen LogP contribution is -2.15. The maximum Gasteiger partial charge on any atom is 0.224 e. The number of rotatable bonds is 5. The molecule has 3 aromatic rings. The van der Waals surface area contributed by atoms with Gasteiger partial charge in [0.2, 0.25) is 5.91 Å². The van der Waals surface area contributed by atoms with Crippen LogP contribution in [0.25, 0.3) is 5.82 Å². The van der Waals surface area contributed by atoms with Gasteiger partial charge in [-0.05, 0) is 42.3 Å². The number of carbonyl (C=O) groups excluding carboxylic acids is 1. The number of anilines is 1. The van der Waals surface area contributed by atoms with Crippen LogP contribution in [0.1, 0.15) is 12.0 Å². The highest BCUT2D eigenvalue weighted by molar-refractivity contribution is 6.35. The molecule has 1 aromatic carbocycles. The highest BCUT2D eigenvalue weighted by atomic mass is 35.5. The number of hydrogen-bond donors (Lipinski definition) is 1. The largest absolute Gasteiger partial charge is 0.323 e. The quantitative estimate of drug-likeness (QED) is 0.743. The summed E-state index contributed by atoms with van der Waals surface area (Å²) in [4.78, 5) is 16.5. The van der Waals surface area contributed by atoms with Crippen LogP contribution in [0, 0.1) is 0 Å². The van der Waals surface area contributed by atoms with Gasteiger partial charge in [-0.1, -0.05) is 29.3 Å². The Kier molecular flexibility index (Phi) is 5.13. The van der Waals surface area contributed by atoms with E-state index in [9.17, 15) is 4.79 Å². The molecule has 0 aliphatic heterocycles. The molecule has 0 saturated carbocycles. The summed E-state index contributed by atoms with van der Waals surface area (Å²) in [6.07, 6.45) is 5.91. The van der Waals surface area contributed by atoms with Crippen molar-refractivity contribution in [1.29, 1.82) is 0 Å². The topological polar surface area (TPSA) is 59.8 Å². The minimum atomic E-state index is -0.123. The van der Waals surface area contributed by atoms with Gasteiger partial charge in [0.1, 0.15) is 0 Å². The smallest absolute Gasteiger partial charge is 0.224 e. The number of pyridine rings is 1. The first-order valence-electron chi connectivity index (χ1n) is 7.32. The third-order valence-electron chi connectivity index (χ3n) is 3.42. The molecule has 24 heavy (non-hydrogen) atoms. The second-order valence-corrected chi connectivity index (χ2v) is 5.95. The Morgan fingerprint density at radius 1 is 1.17 bits per heavy atom. The van der Waals surface area contributed by atoms with Crippen molar-refractivity contribution in [3.05, 3.63) is 70.6 Å². The zero-order valence-corrected chi connectivity index (χ0v) is 14.1. The zero-order valence-electron chi connectivity index (χ0n) is 12.6. The number of carbonyl (C=O) groups is 1. The van der Waals surface area contributed by atoms with E-state index in [0.29, 0.717) is 34.4 Å². The van der Waals surface area contributed by atoms with Gasteiger partial charge in [0.15, 0.2) is 5.82 Å². The van der Waals surface area contributed by atoms with Gasteiger partial charge in [-0.2, -0.15) is 5.10 Å². The predicted octanol–water partition coefficient (Wildman–Crippen LogP) is 4.15. The third-order valence-corrected chi connectivity index (χ3v) is 4.01. The normalized spacial score (nSPS) is 10.6. The molecule has 0 atom stereocenters. The summed E-state index contributed by atoms with van der Waals surface area (Å²) in [6.45, 7) is 0. The molecule has 7 heteroatoms. The van der Waals surface area contributed by atoms with E-state index in [-0.39, 0.29) is 5.91 Å². The van der Waals surface area contributed by atoms with E-state index in [1.54, 1.807) is 53.6 Å². The van der Waals surface area contributed by atoms with Crippen molar-refractivity contribution in [3.8, 4) is 5.82 Å². The van der Waals surface area contributed by atoms with Crippen LogP contribution in [-0.2, 0) is 11.2 Å². The molecule has 0 saturated heterocycles. The molecule has 0 aliphatic carbocycles. The van der Waals surface area contributed by atoms with E-state index >= 15 is 0 Å². The molecule has 0 radical (unpaired) electrons. The van der Waals surface area contributed by atoms with Gasteiger partial charge in [-0.25, -0.2) is 9.67 Å². The Bertz CT molecular complexity index is 850. The maximum absolute atomic E-state index is 12.2. The first kappa shape index (κ1) is 16.5. The van der Waals surface area contributed by atoms with Gasteiger partial charge < -0.3 is 5.32 Å². The summed E-state index contributed by atoms with van der Waals surface area (Å²) in [6, 6.07) is 10.6. The monoisotopic (exact) mass is 360 g/mol. The zero-order chi connectivity index (χ0) is 16.9. The molecule has 1 N–H and O–H groups in total. The SMILES string of the molecule is O=C(CCc1ccc(Cl)cc1Cl)Nc1cccnc1-n1cccn1. The number of amides is 1. The molecule has 0 bridgehead atoms.